The summed E-state index contributed by atoms with van der Waals surface area (Å²) in [4.78, 5) is 23.7. The maximum Gasteiger partial charge on any atom is 0.323 e. The second kappa shape index (κ2) is 8.33. The topological polar surface area (TPSA) is 70.2 Å². The van der Waals surface area contributed by atoms with Crippen molar-refractivity contribution in [2.75, 3.05) is 17.2 Å². The predicted molar refractivity (Wildman–Crippen MR) is 95.8 cm³/mol. The van der Waals surface area contributed by atoms with Crippen molar-refractivity contribution in [3.05, 3.63) is 58.6 Å². The zero-order valence-corrected chi connectivity index (χ0v) is 14.3. The minimum absolute atomic E-state index is 0.113. The first-order chi connectivity index (χ1) is 11.1. The molecule has 0 spiro atoms. The lowest BCUT2D eigenvalue weighted by atomic mass is 10.2. The van der Waals surface area contributed by atoms with Crippen molar-refractivity contribution in [2.24, 2.45) is 0 Å². The highest BCUT2D eigenvalue weighted by molar-refractivity contribution is 9.10. The number of amides is 3. The lowest BCUT2D eigenvalue weighted by molar-refractivity contribution is 0.0953. The van der Waals surface area contributed by atoms with Gasteiger partial charge in [-0.15, -0.1) is 0 Å². The van der Waals surface area contributed by atoms with Crippen LogP contribution in [-0.4, -0.2) is 18.5 Å². The van der Waals surface area contributed by atoms with E-state index in [-0.39, 0.29) is 11.9 Å². The number of rotatable bonds is 5. The van der Waals surface area contributed by atoms with E-state index in [2.05, 4.69) is 31.9 Å². The molecule has 23 heavy (non-hydrogen) atoms. The summed E-state index contributed by atoms with van der Waals surface area (Å²) in [5.74, 6) is -0.113. The largest absolute Gasteiger partial charge is 0.352 e. The molecule has 0 unspecified atom stereocenters. The maximum absolute atomic E-state index is 11.9. The van der Waals surface area contributed by atoms with E-state index in [0.29, 0.717) is 23.5 Å². The summed E-state index contributed by atoms with van der Waals surface area (Å²) in [6, 6.07) is 13.7. The van der Waals surface area contributed by atoms with E-state index >= 15 is 0 Å². The SMILES string of the molecule is CCCNC(=O)c1ccc(NC(=O)Nc2ccc(Br)cc2)cc1. The van der Waals surface area contributed by atoms with Gasteiger partial charge in [0.2, 0.25) is 0 Å². The van der Waals surface area contributed by atoms with E-state index in [9.17, 15) is 9.59 Å². The molecule has 2 rings (SSSR count). The summed E-state index contributed by atoms with van der Waals surface area (Å²) in [5.41, 5.74) is 1.88. The van der Waals surface area contributed by atoms with Crippen molar-refractivity contribution in [3.8, 4) is 0 Å². The summed E-state index contributed by atoms with van der Waals surface area (Å²) >= 11 is 3.34. The third-order valence-electron chi connectivity index (χ3n) is 3.04. The van der Waals surface area contributed by atoms with Crippen LogP contribution in [0.3, 0.4) is 0 Å². The average molecular weight is 376 g/mol. The van der Waals surface area contributed by atoms with Gasteiger partial charge in [-0.3, -0.25) is 4.79 Å². The number of hydrogen-bond acceptors (Lipinski definition) is 2. The van der Waals surface area contributed by atoms with Crippen molar-refractivity contribution in [2.45, 2.75) is 13.3 Å². The molecule has 0 atom stereocenters. The molecule has 2 aromatic rings. The van der Waals surface area contributed by atoms with Crippen LogP contribution in [0.15, 0.2) is 53.0 Å². The Bertz CT molecular complexity index is 669. The Kier molecular flexibility index (Phi) is 6.17. The van der Waals surface area contributed by atoms with E-state index in [4.69, 9.17) is 0 Å². The lowest BCUT2D eigenvalue weighted by Crippen LogP contribution is -2.24. The number of urea groups is 1. The molecule has 0 radical (unpaired) electrons. The molecule has 0 bridgehead atoms. The Morgan fingerprint density at radius 3 is 1.96 bits per heavy atom. The van der Waals surface area contributed by atoms with Crippen LogP contribution in [0.25, 0.3) is 0 Å². The molecule has 0 aliphatic rings. The summed E-state index contributed by atoms with van der Waals surface area (Å²) in [5, 5.41) is 8.26. The molecule has 0 heterocycles. The maximum atomic E-state index is 11.9. The molecule has 0 aliphatic carbocycles. The van der Waals surface area contributed by atoms with Gasteiger partial charge in [0.25, 0.3) is 5.91 Å². The second-order valence-electron chi connectivity index (χ2n) is 4.92. The van der Waals surface area contributed by atoms with E-state index in [1.54, 1.807) is 36.4 Å². The molecule has 0 aromatic heterocycles. The van der Waals surface area contributed by atoms with Gasteiger partial charge in [-0.1, -0.05) is 22.9 Å². The number of anilines is 2. The van der Waals surface area contributed by atoms with Gasteiger partial charge in [-0.05, 0) is 55.0 Å². The van der Waals surface area contributed by atoms with Gasteiger partial charge in [0, 0.05) is 28.0 Å². The van der Waals surface area contributed by atoms with E-state index in [0.717, 1.165) is 10.9 Å². The summed E-state index contributed by atoms with van der Waals surface area (Å²) in [7, 11) is 0. The highest BCUT2D eigenvalue weighted by Gasteiger charge is 2.06. The molecule has 3 N–H and O–H groups in total. The molecule has 120 valence electrons. The van der Waals surface area contributed by atoms with Crippen molar-refractivity contribution in [1.82, 2.24) is 5.32 Å². The highest BCUT2D eigenvalue weighted by atomic mass is 79.9. The first-order valence-electron chi connectivity index (χ1n) is 7.30. The van der Waals surface area contributed by atoms with Crippen LogP contribution in [0.4, 0.5) is 16.2 Å². The average Bonchev–Trinajstić information content (AvgIpc) is 2.55. The minimum atomic E-state index is -0.337. The third kappa shape index (κ3) is 5.41. The van der Waals surface area contributed by atoms with Gasteiger partial charge in [0.15, 0.2) is 0 Å². The number of halogens is 1. The second-order valence-corrected chi connectivity index (χ2v) is 5.83. The Balaban J connectivity index is 1.91. The van der Waals surface area contributed by atoms with Crippen molar-refractivity contribution >= 4 is 39.2 Å². The Morgan fingerprint density at radius 1 is 0.913 bits per heavy atom. The van der Waals surface area contributed by atoms with Crippen LogP contribution in [0.2, 0.25) is 0 Å². The van der Waals surface area contributed by atoms with Crippen LogP contribution in [0, 0.1) is 0 Å². The smallest absolute Gasteiger partial charge is 0.323 e. The van der Waals surface area contributed by atoms with E-state index in [1.165, 1.54) is 0 Å². The number of hydrogen-bond donors (Lipinski definition) is 3. The molecule has 3 amide bonds. The van der Waals surface area contributed by atoms with Crippen LogP contribution in [0.5, 0.6) is 0 Å². The molecular weight excluding hydrogens is 358 g/mol. The zero-order valence-electron chi connectivity index (χ0n) is 12.7. The van der Waals surface area contributed by atoms with Gasteiger partial charge in [-0.2, -0.15) is 0 Å². The molecule has 6 heteroatoms. The van der Waals surface area contributed by atoms with Crippen LogP contribution in [0.1, 0.15) is 23.7 Å². The van der Waals surface area contributed by atoms with Crippen molar-refractivity contribution < 1.29 is 9.59 Å². The molecule has 0 aliphatic heterocycles. The van der Waals surface area contributed by atoms with Gasteiger partial charge in [0.05, 0.1) is 0 Å². The van der Waals surface area contributed by atoms with Crippen molar-refractivity contribution in [3.63, 3.8) is 0 Å². The van der Waals surface area contributed by atoms with Crippen LogP contribution in [-0.2, 0) is 0 Å². The van der Waals surface area contributed by atoms with Crippen LogP contribution < -0.4 is 16.0 Å². The fourth-order valence-electron chi connectivity index (χ4n) is 1.87. The monoisotopic (exact) mass is 375 g/mol. The number of nitrogens with one attached hydrogen (secondary N) is 3. The normalized spacial score (nSPS) is 10.0. The zero-order chi connectivity index (χ0) is 16.7. The van der Waals surface area contributed by atoms with Gasteiger partial charge < -0.3 is 16.0 Å². The quantitative estimate of drug-likeness (QED) is 0.731. The molecular formula is C17H18BrN3O2. The Labute approximate surface area is 143 Å². The first kappa shape index (κ1) is 17.0. The fraction of sp³-hybridized carbons (Fsp3) is 0.176. The Hall–Kier alpha value is -2.34. The standard InChI is InChI=1S/C17H18BrN3O2/c1-2-11-19-16(22)12-3-7-14(8-4-12)20-17(23)21-15-9-5-13(18)6-10-15/h3-10H,2,11H2,1H3,(H,19,22)(H2,20,21,23). The van der Waals surface area contributed by atoms with E-state index in [1.807, 2.05) is 19.1 Å². The molecule has 0 saturated carbocycles. The summed E-state index contributed by atoms with van der Waals surface area (Å²) in [6.45, 7) is 2.64. The van der Waals surface area contributed by atoms with E-state index < -0.39 is 0 Å². The third-order valence-corrected chi connectivity index (χ3v) is 3.57. The number of benzene rings is 2. The van der Waals surface area contributed by atoms with Gasteiger partial charge >= 0.3 is 6.03 Å². The number of carbonyl (C=O) groups is 2. The highest BCUT2D eigenvalue weighted by Crippen LogP contribution is 2.15. The Morgan fingerprint density at radius 2 is 1.43 bits per heavy atom. The van der Waals surface area contributed by atoms with Gasteiger partial charge in [-0.25, -0.2) is 4.79 Å². The van der Waals surface area contributed by atoms with Crippen molar-refractivity contribution in [1.29, 1.82) is 0 Å². The summed E-state index contributed by atoms with van der Waals surface area (Å²) < 4.78 is 0.945. The predicted octanol–water partition coefficient (Wildman–Crippen LogP) is 4.23. The van der Waals surface area contributed by atoms with Crippen LogP contribution >= 0.6 is 15.9 Å². The lowest BCUT2D eigenvalue weighted by Gasteiger charge is -2.09. The summed E-state index contributed by atoms with van der Waals surface area (Å²) in [6.07, 6.45) is 0.890. The molecule has 0 saturated heterocycles. The molecule has 5 nitrogen and oxygen atoms in total. The minimum Gasteiger partial charge on any atom is -0.352 e. The van der Waals surface area contributed by atoms with Gasteiger partial charge in [0.1, 0.15) is 0 Å². The first-order valence-corrected chi connectivity index (χ1v) is 8.09. The fourth-order valence-corrected chi connectivity index (χ4v) is 2.14. The molecule has 2 aromatic carbocycles. The number of carbonyl (C=O) groups excluding carboxylic acids is 2. The molecule has 0 fully saturated rings.